The number of carbonyl (C=O) groups is 1. The molecule has 1 aromatic rings. The Morgan fingerprint density at radius 1 is 1.25 bits per heavy atom. The molecule has 0 radical (unpaired) electrons. The van der Waals surface area contributed by atoms with E-state index in [1.807, 2.05) is 6.08 Å². The maximum absolute atomic E-state index is 13.2. The van der Waals surface area contributed by atoms with E-state index in [-0.39, 0.29) is 11.3 Å². The summed E-state index contributed by atoms with van der Waals surface area (Å²) >= 11 is 1.66. The van der Waals surface area contributed by atoms with Gasteiger partial charge in [-0.3, -0.25) is 4.79 Å². The Morgan fingerprint density at radius 3 is 2.38 bits per heavy atom. The van der Waals surface area contributed by atoms with Crippen LogP contribution in [0.1, 0.15) is 55.5 Å². The minimum Gasteiger partial charge on any atom is -0.320 e. The van der Waals surface area contributed by atoms with Crippen molar-refractivity contribution in [1.82, 2.24) is 4.57 Å². The number of aromatic nitrogens is 1. The Kier molecular flexibility index (Phi) is 4.06. The van der Waals surface area contributed by atoms with Crippen LogP contribution in [0.3, 0.4) is 0 Å². The zero-order valence-corrected chi connectivity index (χ0v) is 15.7. The SMILES string of the molecule is C=CCCn1c(C)c(C)sc1=NC(=O)C12CC3CC(CC(C3)C1)C2. The Hall–Kier alpha value is -1.16. The largest absolute Gasteiger partial charge is 0.320 e. The van der Waals surface area contributed by atoms with Gasteiger partial charge in [0, 0.05) is 17.1 Å². The molecule has 4 saturated carbocycles. The first-order chi connectivity index (χ1) is 11.5. The number of nitrogens with zero attached hydrogens (tertiary/aromatic N) is 2. The number of carbonyl (C=O) groups excluding carboxylic acids is 1. The molecular formula is C20H28N2OS. The Bertz CT molecular complexity index is 704. The summed E-state index contributed by atoms with van der Waals surface area (Å²) < 4.78 is 2.21. The van der Waals surface area contributed by atoms with Crippen LogP contribution in [0.5, 0.6) is 0 Å². The molecule has 1 amide bonds. The van der Waals surface area contributed by atoms with Gasteiger partial charge in [0.05, 0.1) is 5.41 Å². The van der Waals surface area contributed by atoms with Gasteiger partial charge in [0.1, 0.15) is 0 Å². The Balaban J connectivity index is 1.67. The molecule has 4 aliphatic carbocycles. The second-order valence-corrected chi connectivity index (χ2v) is 9.55. The molecule has 1 aromatic heterocycles. The minimum atomic E-state index is -0.128. The Labute approximate surface area is 148 Å². The van der Waals surface area contributed by atoms with Crippen LogP contribution in [0.2, 0.25) is 0 Å². The predicted molar refractivity (Wildman–Crippen MR) is 97.8 cm³/mol. The molecule has 0 aromatic carbocycles. The van der Waals surface area contributed by atoms with Crippen molar-refractivity contribution < 1.29 is 4.79 Å². The van der Waals surface area contributed by atoms with Crippen LogP contribution in [0.15, 0.2) is 17.6 Å². The lowest BCUT2D eigenvalue weighted by molar-refractivity contribution is -0.142. The number of hydrogen-bond acceptors (Lipinski definition) is 2. The van der Waals surface area contributed by atoms with Crippen molar-refractivity contribution >= 4 is 17.2 Å². The first-order valence-corrected chi connectivity index (χ1v) is 10.2. The molecule has 5 rings (SSSR count). The maximum Gasteiger partial charge on any atom is 0.254 e. The highest BCUT2D eigenvalue weighted by atomic mass is 32.1. The fourth-order valence-electron chi connectivity index (χ4n) is 5.74. The van der Waals surface area contributed by atoms with E-state index in [1.54, 1.807) is 11.3 Å². The minimum absolute atomic E-state index is 0.128. The quantitative estimate of drug-likeness (QED) is 0.746. The van der Waals surface area contributed by atoms with Gasteiger partial charge in [-0.05, 0) is 76.5 Å². The highest BCUT2D eigenvalue weighted by molar-refractivity contribution is 7.09. The van der Waals surface area contributed by atoms with E-state index in [4.69, 9.17) is 4.99 Å². The molecule has 4 bridgehead atoms. The molecule has 4 heteroatoms. The zero-order chi connectivity index (χ0) is 16.9. The smallest absolute Gasteiger partial charge is 0.254 e. The maximum atomic E-state index is 13.2. The zero-order valence-electron chi connectivity index (χ0n) is 14.9. The van der Waals surface area contributed by atoms with Crippen molar-refractivity contribution in [2.45, 2.75) is 65.3 Å². The molecule has 0 unspecified atom stereocenters. The van der Waals surface area contributed by atoms with E-state index in [9.17, 15) is 4.79 Å². The summed E-state index contributed by atoms with van der Waals surface area (Å²) in [5.41, 5.74) is 1.11. The van der Waals surface area contributed by atoms with Gasteiger partial charge >= 0.3 is 0 Å². The fraction of sp³-hybridized carbons (Fsp3) is 0.700. The summed E-state index contributed by atoms with van der Waals surface area (Å²) in [5.74, 6) is 2.54. The number of rotatable bonds is 4. The first kappa shape index (κ1) is 16.3. The number of amides is 1. The molecule has 24 heavy (non-hydrogen) atoms. The van der Waals surface area contributed by atoms with Gasteiger partial charge < -0.3 is 4.57 Å². The van der Waals surface area contributed by atoms with Crippen LogP contribution < -0.4 is 4.80 Å². The van der Waals surface area contributed by atoms with E-state index < -0.39 is 0 Å². The van der Waals surface area contributed by atoms with Crippen molar-refractivity contribution in [3.8, 4) is 0 Å². The lowest BCUT2D eigenvalue weighted by Gasteiger charge is -2.55. The molecule has 1 heterocycles. The summed E-state index contributed by atoms with van der Waals surface area (Å²) in [6.07, 6.45) is 10.2. The molecule has 0 saturated heterocycles. The molecule has 4 aliphatic rings. The molecular weight excluding hydrogens is 316 g/mol. The highest BCUT2D eigenvalue weighted by Gasteiger charge is 2.54. The van der Waals surface area contributed by atoms with Crippen LogP contribution in [0, 0.1) is 37.0 Å². The number of thiazole rings is 1. The summed E-state index contributed by atoms with van der Waals surface area (Å²) in [7, 11) is 0. The number of allylic oxidation sites excluding steroid dienone is 1. The van der Waals surface area contributed by atoms with E-state index in [1.165, 1.54) is 29.8 Å². The van der Waals surface area contributed by atoms with Crippen LogP contribution in [0.25, 0.3) is 0 Å². The molecule has 0 N–H and O–H groups in total. The lowest BCUT2D eigenvalue weighted by Crippen LogP contribution is -2.50. The average molecular weight is 345 g/mol. The van der Waals surface area contributed by atoms with Crippen LogP contribution in [-0.4, -0.2) is 10.5 Å². The van der Waals surface area contributed by atoms with Gasteiger partial charge in [0.2, 0.25) is 0 Å². The molecule has 0 spiro atoms. The molecule has 0 aliphatic heterocycles. The van der Waals surface area contributed by atoms with Crippen LogP contribution >= 0.6 is 11.3 Å². The third-order valence-corrected chi connectivity index (χ3v) is 7.73. The van der Waals surface area contributed by atoms with Crippen molar-refractivity contribution in [3.05, 3.63) is 28.0 Å². The van der Waals surface area contributed by atoms with E-state index >= 15 is 0 Å². The molecule has 130 valence electrons. The standard InChI is InChI=1S/C20H28N2OS/c1-4-5-6-22-13(2)14(3)24-19(22)21-18(23)20-10-15-7-16(11-20)9-17(8-15)12-20/h4,15-17H,1,5-12H2,2-3H3. The van der Waals surface area contributed by atoms with E-state index in [2.05, 4.69) is 25.0 Å². The van der Waals surface area contributed by atoms with Crippen molar-refractivity contribution in [1.29, 1.82) is 0 Å². The number of aryl methyl sites for hydroxylation is 1. The number of hydrogen-bond donors (Lipinski definition) is 0. The van der Waals surface area contributed by atoms with Crippen molar-refractivity contribution in [2.75, 3.05) is 0 Å². The van der Waals surface area contributed by atoms with Crippen molar-refractivity contribution in [2.24, 2.45) is 28.2 Å². The van der Waals surface area contributed by atoms with E-state index in [0.29, 0.717) is 0 Å². The second-order valence-electron chi connectivity index (χ2n) is 8.37. The van der Waals surface area contributed by atoms with Gasteiger partial charge in [-0.25, -0.2) is 0 Å². The topological polar surface area (TPSA) is 34.4 Å². The predicted octanol–water partition coefficient (Wildman–Crippen LogP) is 4.39. The van der Waals surface area contributed by atoms with E-state index in [0.717, 1.165) is 54.8 Å². The summed E-state index contributed by atoms with van der Waals surface area (Å²) in [6.45, 7) is 8.94. The van der Waals surface area contributed by atoms with Crippen LogP contribution in [0.4, 0.5) is 0 Å². The summed E-state index contributed by atoms with van der Waals surface area (Å²) in [6, 6.07) is 0. The van der Waals surface area contributed by atoms with Gasteiger partial charge in [-0.1, -0.05) is 6.08 Å². The fourth-order valence-corrected chi connectivity index (χ4v) is 6.74. The normalized spacial score (nSPS) is 34.8. The summed E-state index contributed by atoms with van der Waals surface area (Å²) in [5, 5.41) is 0. The first-order valence-electron chi connectivity index (χ1n) is 9.37. The van der Waals surface area contributed by atoms with Gasteiger partial charge in [0.25, 0.3) is 5.91 Å². The molecule has 0 atom stereocenters. The van der Waals surface area contributed by atoms with Gasteiger partial charge in [-0.2, -0.15) is 4.99 Å². The third-order valence-electron chi connectivity index (χ3n) is 6.64. The monoisotopic (exact) mass is 344 g/mol. The third kappa shape index (κ3) is 2.63. The Morgan fingerprint density at radius 2 is 1.83 bits per heavy atom. The van der Waals surface area contributed by atoms with Gasteiger partial charge in [-0.15, -0.1) is 17.9 Å². The summed E-state index contributed by atoms with van der Waals surface area (Å²) in [4.78, 5) is 20.1. The second kappa shape index (κ2) is 5.98. The molecule has 4 fully saturated rings. The molecule has 3 nitrogen and oxygen atoms in total. The lowest BCUT2D eigenvalue weighted by atomic mass is 9.49. The average Bonchev–Trinajstić information content (AvgIpc) is 2.78. The highest BCUT2D eigenvalue weighted by Crippen LogP contribution is 2.60. The van der Waals surface area contributed by atoms with Gasteiger partial charge in [0.15, 0.2) is 4.80 Å². The van der Waals surface area contributed by atoms with Crippen LogP contribution in [-0.2, 0) is 11.3 Å². The van der Waals surface area contributed by atoms with Crippen molar-refractivity contribution in [3.63, 3.8) is 0 Å².